The van der Waals surface area contributed by atoms with Gasteiger partial charge in [0.1, 0.15) is 5.82 Å². The van der Waals surface area contributed by atoms with Gasteiger partial charge in [0.25, 0.3) is 0 Å². The molecule has 114 valence electrons. The largest absolute Gasteiger partial charge is 0.377 e. The summed E-state index contributed by atoms with van der Waals surface area (Å²) in [5.74, 6) is 0.191. The highest BCUT2D eigenvalue weighted by Gasteiger charge is 2.16. The van der Waals surface area contributed by atoms with Crippen molar-refractivity contribution in [2.45, 2.75) is 26.0 Å². The van der Waals surface area contributed by atoms with Crippen molar-refractivity contribution in [3.8, 4) is 6.07 Å². The van der Waals surface area contributed by atoms with E-state index in [2.05, 4.69) is 15.6 Å². The number of halogens is 1. The van der Waals surface area contributed by atoms with Crippen molar-refractivity contribution in [1.82, 2.24) is 10.6 Å². The molecule has 0 aliphatic carbocycles. The number of nitrogens with zero attached hydrogens (tertiary/aromatic N) is 2. The minimum Gasteiger partial charge on any atom is -0.377 e. The summed E-state index contributed by atoms with van der Waals surface area (Å²) in [5, 5.41) is 14.9. The number of nitrogens with one attached hydrogen (secondary N) is 2. The van der Waals surface area contributed by atoms with Gasteiger partial charge in [0.15, 0.2) is 5.96 Å². The van der Waals surface area contributed by atoms with E-state index in [4.69, 9.17) is 10.00 Å². The minimum atomic E-state index is -0.353. The fraction of sp³-hybridized carbons (Fsp3) is 0.467. The van der Waals surface area contributed by atoms with E-state index in [1.54, 1.807) is 14.2 Å². The molecule has 1 rings (SSSR count). The standard InChI is InChI=1S/C15H21FN4O/c1-15(2,21-4)10-20-14(18-3)19-9-12-7-11(8-17)5-6-13(12)16/h5-7H,9-10H2,1-4H3,(H2,18,19,20). The third-order valence-electron chi connectivity index (χ3n) is 3.08. The zero-order valence-electron chi connectivity index (χ0n) is 12.8. The molecule has 0 unspecified atom stereocenters. The number of hydrogen-bond acceptors (Lipinski definition) is 3. The number of nitriles is 1. The summed E-state index contributed by atoms with van der Waals surface area (Å²) in [6, 6.07) is 6.26. The predicted molar refractivity (Wildman–Crippen MR) is 80.4 cm³/mol. The molecular formula is C15H21FN4O. The van der Waals surface area contributed by atoms with E-state index in [0.717, 1.165) is 0 Å². The van der Waals surface area contributed by atoms with Gasteiger partial charge in [-0.15, -0.1) is 0 Å². The Morgan fingerprint density at radius 2 is 2.14 bits per heavy atom. The van der Waals surface area contributed by atoms with Gasteiger partial charge in [-0.25, -0.2) is 4.39 Å². The van der Waals surface area contributed by atoms with Gasteiger partial charge in [-0.3, -0.25) is 4.99 Å². The summed E-state index contributed by atoms with van der Waals surface area (Å²) < 4.78 is 19.0. The molecule has 0 aliphatic heterocycles. The van der Waals surface area contributed by atoms with E-state index >= 15 is 0 Å². The SMILES string of the molecule is CN=C(NCc1cc(C#N)ccc1F)NCC(C)(C)OC. The number of benzene rings is 1. The molecule has 0 spiro atoms. The average molecular weight is 292 g/mol. The van der Waals surface area contributed by atoms with Gasteiger partial charge in [0, 0.05) is 32.8 Å². The van der Waals surface area contributed by atoms with Gasteiger partial charge in [-0.1, -0.05) is 0 Å². The number of methoxy groups -OCH3 is 1. The normalized spacial score (nSPS) is 11.9. The molecule has 0 radical (unpaired) electrons. The minimum absolute atomic E-state index is 0.244. The Kier molecular flexibility index (Phi) is 6.12. The second-order valence-corrected chi connectivity index (χ2v) is 5.16. The summed E-state index contributed by atoms with van der Waals surface area (Å²) in [6.07, 6.45) is 0. The highest BCUT2D eigenvalue weighted by Crippen LogP contribution is 2.10. The summed E-state index contributed by atoms with van der Waals surface area (Å²) in [4.78, 5) is 4.06. The number of guanidine groups is 1. The molecule has 0 atom stereocenters. The molecule has 2 N–H and O–H groups in total. The fourth-order valence-corrected chi connectivity index (χ4v) is 1.55. The van der Waals surface area contributed by atoms with Crippen LogP contribution in [0.2, 0.25) is 0 Å². The Labute approximate surface area is 124 Å². The average Bonchev–Trinajstić information content (AvgIpc) is 2.49. The monoisotopic (exact) mass is 292 g/mol. The molecule has 0 bridgehead atoms. The zero-order valence-corrected chi connectivity index (χ0v) is 12.8. The van der Waals surface area contributed by atoms with Gasteiger partial charge in [0.05, 0.1) is 17.2 Å². The van der Waals surface area contributed by atoms with Gasteiger partial charge in [0.2, 0.25) is 0 Å². The Morgan fingerprint density at radius 3 is 2.71 bits per heavy atom. The van der Waals surface area contributed by atoms with Crippen LogP contribution in [0, 0.1) is 17.1 Å². The van der Waals surface area contributed by atoms with Crippen molar-refractivity contribution >= 4 is 5.96 Å². The first kappa shape index (κ1) is 16.9. The summed E-state index contributed by atoms with van der Waals surface area (Å²) in [7, 11) is 3.28. The van der Waals surface area contributed by atoms with Crippen molar-refractivity contribution in [2.24, 2.45) is 4.99 Å². The molecule has 0 fully saturated rings. The van der Waals surface area contributed by atoms with E-state index < -0.39 is 0 Å². The molecule has 0 amide bonds. The Morgan fingerprint density at radius 1 is 1.43 bits per heavy atom. The summed E-state index contributed by atoms with van der Waals surface area (Å²) >= 11 is 0. The van der Waals surface area contributed by atoms with Gasteiger partial charge < -0.3 is 15.4 Å². The van der Waals surface area contributed by atoms with E-state index in [9.17, 15) is 4.39 Å². The first-order chi connectivity index (χ1) is 9.91. The molecule has 6 heteroatoms. The first-order valence-electron chi connectivity index (χ1n) is 6.60. The van der Waals surface area contributed by atoms with E-state index in [1.807, 2.05) is 19.9 Å². The molecular weight excluding hydrogens is 271 g/mol. The van der Waals surface area contributed by atoms with Crippen LogP contribution in [0.3, 0.4) is 0 Å². The zero-order chi connectivity index (χ0) is 15.9. The molecule has 0 aromatic heterocycles. The smallest absolute Gasteiger partial charge is 0.191 e. The van der Waals surface area contributed by atoms with Crippen LogP contribution in [0.4, 0.5) is 4.39 Å². The molecule has 0 saturated heterocycles. The molecule has 1 aromatic rings. The van der Waals surface area contributed by atoms with Crippen LogP contribution >= 0.6 is 0 Å². The Hall–Kier alpha value is -2.13. The molecule has 21 heavy (non-hydrogen) atoms. The number of ether oxygens (including phenoxy) is 1. The second kappa shape index (κ2) is 7.60. The number of aliphatic imine (C=N–C) groups is 1. The van der Waals surface area contributed by atoms with Crippen LogP contribution < -0.4 is 10.6 Å². The Bertz CT molecular complexity index is 549. The van der Waals surface area contributed by atoms with Crippen LogP contribution in [0.1, 0.15) is 25.0 Å². The van der Waals surface area contributed by atoms with Crippen LogP contribution in [0.25, 0.3) is 0 Å². The second-order valence-electron chi connectivity index (χ2n) is 5.16. The fourth-order valence-electron chi connectivity index (χ4n) is 1.55. The molecule has 1 aromatic carbocycles. The van der Waals surface area contributed by atoms with Crippen molar-refractivity contribution < 1.29 is 9.13 Å². The van der Waals surface area contributed by atoms with Gasteiger partial charge >= 0.3 is 0 Å². The third-order valence-corrected chi connectivity index (χ3v) is 3.08. The van der Waals surface area contributed by atoms with Crippen LogP contribution in [-0.4, -0.2) is 32.3 Å². The first-order valence-corrected chi connectivity index (χ1v) is 6.60. The molecule has 0 saturated carbocycles. The van der Waals surface area contributed by atoms with Crippen molar-refractivity contribution in [1.29, 1.82) is 5.26 Å². The topological polar surface area (TPSA) is 69.4 Å². The van der Waals surface area contributed by atoms with E-state index in [-0.39, 0.29) is 18.0 Å². The quantitative estimate of drug-likeness (QED) is 0.641. The predicted octanol–water partition coefficient (Wildman–Crippen LogP) is 1.79. The molecule has 0 heterocycles. The maximum Gasteiger partial charge on any atom is 0.191 e. The van der Waals surface area contributed by atoms with Gasteiger partial charge in [-0.2, -0.15) is 5.26 Å². The number of hydrogen-bond donors (Lipinski definition) is 2. The lowest BCUT2D eigenvalue weighted by Crippen LogP contribution is -2.45. The Balaban J connectivity index is 2.63. The van der Waals surface area contributed by atoms with Crippen LogP contribution in [-0.2, 0) is 11.3 Å². The lowest BCUT2D eigenvalue weighted by Gasteiger charge is -2.24. The van der Waals surface area contributed by atoms with Crippen LogP contribution in [0.5, 0.6) is 0 Å². The number of rotatable bonds is 5. The van der Waals surface area contributed by atoms with E-state index in [0.29, 0.717) is 23.6 Å². The third kappa shape index (κ3) is 5.40. The highest BCUT2D eigenvalue weighted by atomic mass is 19.1. The maximum absolute atomic E-state index is 13.7. The lowest BCUT2D eigenvalue weighted by atomic mass is 10.1. The van der Waals surface area contributed by atoms with Crippen molar-refractivity contribution in [3.05, 3.63) is 35.1 Å². The highest BCUT2D eigenvalue weighted by molar-refractivity contribution is 5.79. The summed E-state index contributed by atoms with van der Waals surface area (Å²) in [5.41, 5.74) is 0.517. The van der Waals surface area contributed by atoms with Crippen molar-refractivity contribution in [3.63, 3.8) is 0 Å². The lowest BCUT2D eigenvalue weighted by molar-refractivity contribution is 0.0268. The summed E-state index contributed by atoms with van der Waals surface area (Å²) in [6.45, 7) is 4.70. The molecule has 5 nitrogen and oxygen atoms in total. The van der Waals surface area contributed by atoms with E-state index in [1.165, 1.54) is 18.2 Å². The van der Waals surface area contributed by atoms with Gasteiger partial charge in [-0.05, 0) is 32.0 Å². The van der Waals surface area contributed by atoms with Crippen molar-refractivity contribution in [2.75, 3.05) is 20.7 Å². The molecule has 0 aliphatic rings. The maximum atomic E-state index is 13.7. The van der Waals surface area contributed by atoms with Crippen LogP contribution in [0.15, 0.2) is 23.2 Å².